The minimum Gasteiger partial charge on any atom is -0.352 e. The van der Waals surface area contributed by atoms with Gasteiger partial charge in [0.05, 0.1) is 5.92 Å². The topological polar surface area (TPSA) is 35.5 Å². The van der Waals surface area contributed by atoms with Crippen LogP contribution in [0.5, 0.6) is 0 Å². The van der Waals surface area contributed by atoms with E-state index in [1.165, 1.54) is 14.2 Å². The summed E-state index contributed by atoms with van der Waals surface area (Å²) in [5.74, 6) is -4.42. The quantitative estimate of drug-likeness (QED) is 0.710. The number of hydrogen-bond acceptors (Lipinski definition) is 3. The van der Waals surface area contributed by atoms with E-state index in [-0.39, 0.29) is 6.42 Å². The Labute approximate surface area is 91.9 Å². The Kier molecular flexibility index (Phi) is 3.96. The maximum absolute atomic E-state index is 12.4. The minimum absolute atomic E-state index is 0.153. The van der Waals surface area contributed by atoms with Crippen LogP contribution >= 0.6 is 0 Å². The van der Waals surface area contributed by atoms with Crippen molar-refractivity contribution in [2.75, 3.05) is 14.2 Å². The lowest BCUT2D eigenvalue weighted by molar-refractivity contribution is -0.259. The first kappa shape index (κ1) is 13.4. The first-order chi connectivity index (χ1) is 7.37. The van der Waals surface area contributed by atoms with Crippen LogP contribution in [0.2, 0.25) is 0 Å². The molecule has 0 amide bonds. The molecular formula is C10H15F3O3. The van der Waals surface area contributed by atoms with Crippen LogP contribution < -0.4 is 0 Å². The van der Waals surface area contributed by atoms with Gasteiger partial charge in [0.1, 0.15) is 0 Å². The third-order valence-corrected chi connectivity index (χ3v) is 3.09. The van der Waals surface area contributed by atoms with Crippen LogP contribution in [0.25, 0.3) is 0 Å². The molecule has 1 saturated carbocycles. The summed E-state index contributed by atoms with van der Waals surface area (Å²) in [6.07, 6.45) is -3.08. The van der Waals surface area contributed by atoms with Gasteiger partial charge in [-0.3, -0.25) is 4.79 Å². The molecule has 0 radical (unpaired) electrons. The van der Waals surface area contributed by atoms with E-state index in [4.69, 9.17) is 9.47 Å². The molecule has 3 nitrogen and oxygen atoms in total. The number of methoxy groups -OCH3 is 2. The van der Waals surface area contributed by atoms with Gasteiger partial charge in [-0.1, -0.05) is 6.42 Å². The number of rotatable bonds is 3. The Morgan fingerprint density at radius 2 is 1.81 bits per heavy atom. The van der Waals surface area contributed by atoms with Crippen LogP contribution in [0.15, 0.2) is 0 Å². The van der Waals surface area contributed by atoms with Crippen LogP contribution in [0.3, 0.4) is 0 Å². The van der Waals surface area contributed by atoms with Crippen LogP contribution in [0.4, 0.5) is 13.2 Å². The van der Waals surface area contributed by atoms with E-state index in [1.807, 2.05) is 0 Å². The molecule has 0 saturated heterocycles. The summed E-state index contributed by atoms with van der Waals surface area (Å²) >= 11 is 0. The van der Waals surface area contributed by atoms with Gasteiger partial charge in [-0.25, -0.2) is 0 Å². The zero-order valence-corrected chi connectivity index (χ0v) is 9.26. The molecule has 94 valence electrons. The predicted octanol–water partition coefficient (Wildman–Crippen LogP) is 2.30. The maximum Gasteiger partial charge on any atom is 0.450 e. The predicted molar refractivity (Wildman–Crippen MR) is 49.8 cm³/mol. The molecule has 1 aliphatic rings. The van der Waals surface area contributed by atoms with E-state index >= 15 is 0 Å². The van der Waals surface area contributed by atoms with Crippen molar-refractivity contribution in [3.05, 3.63) is 0 Å². The summed E-state index contributed by atoms with van der Waals surface area (Å²) in [6, 6.07) is 0. The van der Waals surface area contributed by atoms with E-state index in [1.54, 1.807) is 0 Å². The normalized spacial score (nSPS) is 25.4. The van der Waals surface area contributed by atoms with Gasteiger partial charge in [-0.05, 0) is 12.8 Å². The van der Waals surface area contributed by atoms with Crippen LogP contribution in [-0.4, -0.2) is 32.0 Å². The number of carbonyl (C=O) groups is 1. The second kappa shape index (κ2) is 4.71. The van der Waals surface area contributed by atoms with E-state index in [0.29, 0.717) is 19.3 Å². The molecule has 0 bridgehead atoms. The number of Topliss-reactive ketones (excluding diaryl/α,β-unsaturated/α-hetero) is 1. The number of ether oxygens (including phenoxy) is 2. The first-order valence-corrected chi connectivity index (χ1v) is 5.08. The molecule has 1 aliphatic carbocycles. The second-order valence-corrected chi connectivity index (χ2v) is 3.88. The lowest BCUT2D eigenvalue weighted by Crippen LogP contribution is -2.51. The Morgan fingerprint density at radius 1 is 1.25 bits per heavy atom. The van der Waals surface area contributed by atoms with Gasteiger partial charge in [-0.2, -0.15) is 13.2 Å². The lowest BCUT2D eigenvalue weighted by atomic mass is 9.80. The highest BCUT2D eigenvalue weighted by Crippen LogP contribution is 2.40. The summed E-state index contributed by atoms with van der Waals surface area (Å²) in [6.45, 7) is 0. The van der Waals surface area contributed by atoms with Crippen molar-refractivity contribution in [1.82, 2.24) is 0 Å². The molecule has 0 aromatic rings. The van der Waals surface area contributed by atoms with Crippen LogP contribution in [0, 0.1) is 5.92 Å². The Morgan fingerprint density at radius 3 is 2.25 bits per heavy atom. The molecule has 0 spiro atoms. The number of carbonyl (C=O) groups excluding carboxylic acids is 1. The van der Waals surface area contributed by atoms with Gasteiger partial charge >= 0.3 is 6.18 Å². The third kappa shape index (κ3) is 2.38. The number of hydrogen-bond donors (Lipinski definition) is 0. The molecule has 0 N–H and O–H groups in total. The summed E-state index contributed by atoms with van der Waals surface area (Å²) in [4.78, 5) is 11.3. The zero-order chi connectivity index (χ0) is 12.4. The minimum atomic E-state index is -4.83. The number of alkyl halides is 3. The van der Waals surface area contributed by atoms with Gasteiger partial charge in [0.2, 0.25) is 5.78 Å². The van der Waals surface area contributed by atoms with Crippen LogP contribution in [-0.2, 0) is 14.3 Å². The number of ketones is 1. The fourth-order valence-electron chi connectivity index (χ4n) is 2.21. The highest BCUT2D eigenvalue weighted by molar-refractivity contribution is 5.87. The summed E-state index contributed by atoms with van der Waals surface area (Å²) < 4.78 is 47.2. The zero-order valence-electron chi connectivity index (χ0n) is 9.26. The van der Waals surface area contributed by atoms with Crippen LogP contribution in [0.1, 0.15) is 25.7 Å². The molecule has 1 atom stereocenters. The van der Waals surface area contributed by atoms with Gasteiger partial charge in [0.15, 0.2) is 5.79 Å². The van der Waals surface area contributed by atoms with Crippen molar-refractivity contribution in [2.45, 2.75) is 37.6 Å². The van der Waals surface area contributed by atoms with Gasteiger partial charge < -0.3 is 9.47 Å². The van der Waals surface area contributed by atoms with Crippen molar-refractivity contribution < 1.29 is 27.4 Å². The van der Waals surface area contributed by atoms with Crippen molar-refractivity contribution in [3.8, 4) is 0 Å². The van der Waals surface area contributed by atoms with Gasteiger partial charge in [0, 0.05) is 20.6 Å². The maximum atomic E-state index is 12.4. The summed E-state index contributed by atoms with van der Waals surface area (Å²) in [5, 5.41) is 0. The molecule has 0 aliphatic heterocycles. The molecule has 1 fully saturated rings. The molecule has 1 unspecified atom stereocenters. The Hall–Kier alpha value is -0.620. The smallest absolute Gasteiger partial charge is 0.352 e. The van der Waals surface area contributed by atoms with Crippen molar-refractivity contribution >= 4 is 5.78 Å². The van der Waals surface area contributed by atoms with Crippen molar-refractivity contribution in [3.63, 3.8) is 0 Å². The van der Waals surface area contributed by atoms with Crippen molar-refractivity contribution in [2.24, 2.45) is 5.92 Å². The van der Waals surface area contributed by atoms with E-state index < -0.39 is 23.7 Å². The highest BCUT2D eigenvalue weighted by Gasteiger charge is 2.54. The first-order valence-electron chi connectivity index (χ1n) is 5.08. The van der Waals surface area contributed by atoms with Gasteiger partial charge in [-0.15, -0.1) is 0 Å². The Balaban J connectivity index is 2.94. The molecule has 6 heteroatoms. The third-order valence-electron chi connectivity index (χ3n) is 3.09. The lowest BCUT2D eigenvalue weighted by Gasteiger charge is -2.40. The van der Waals surface area contributed by atoms with E-state index in [9.17, 15) is 18.0 Å². The second-order valence-electron chi connectivity index (χ2n) is 3.88. The fourth-order valence-corrected chi connectivity index (χ4v) is 2.21. The summed E-state index contributed by atoms with van der Waals surface area (Å²) in [5.41, 5.74) is 0. The number of halogens is 3. The molecule has 1 rings (SSSR count). The van der Waals surface area contributed by atoms with Gasteiger partial charge in [0.25, 0.3) is 0 Å². The average molecular weight is 240 g/mol. The molecule has 0 aromatic carbocycles. The fraction of sp³-hybridized carbons (Fsp3) is 0.900. The van der Waals surface area contributed by atoms with E-state index in [0.717, 1.165) is 0 Å². The molecular weight excluding hydrogens is 225 g/mol. The van der Waals surface area contributed by atoms with Crippen molar-refractivity contribution in [1.29, 1.82) is 0 Å². The standard InChI is InChI=1S/C10H15F3O3/c1-15-9(16-2)6-4-3-5-7(9)8(14)10(11,12)13/h7H,3-6H2,1-2H3. The Bertz CT molecular complexity index is 259. The molecule has 16 heavy (non-hydrogen) atoms. The summed E-state index contributed by atoms with van der Waals surface area (Å²) in [7, 11) is 2.54. The molecule has 0 aromatic heterocycles. The average Bonchev–Trinajstić information content (AvgIpc) is 2.26. The largest absolute Gasteiger partial charge is 0.450 e. The highest BCUT2D eigenvalue weighted by atomic mass is 19.4. The van der Waals surface area contributed by atoms with E-state index in [2.05, 4.69) is 0 Å². The monoisotopic (exact) mass is 240 g/mol. The molecule has 0 heterocycles. The SMILES string of the molecule is COC1(OC)CCCCC1C(=O)C(F)(F)F.